The van der Waals surface area contributed by atoms with Gasteiger partial charge in [0.2, 0.25) is 0 Å². The number of fused-ring (bicyclic) bond motifs is 1. The molecule has 1 aromatic heterocycles. The van der Waals surface area contributed by atoms with Gasteiger partial charge >= 0.3 is 12.4 Å². The molecular weight excluding hydrogens is 422 g/mol. The molecule has 3 aromatic rings. The van der Waals surface area contributed by atoms with Gasteiger partial charge in [0.15, 0.2) is 0 Å². The highest BCUT2D eigenvalue weighted by atomic mass is 19.4. The van der Waals surface area contributed by atoms with Crippen molar-refractivity contribution in [3.63, 3.8) is 0 Å². The van der Waals surface area contributed by atoms with Gasteiger partial charge in [-0.1, -0.05) is 18.2 Å². The molecule has 0 aliphatic carbocycles. The van der Waals surface area contributed by atoms with Crippen LogP contribution >= 0.6 is 0 Å². The van der Waals surface area contributed by atoms with Gasteiger partial charge in [-0.05, 0) is 35.4 Å². The number of halogens is 6. The molecule has 166 valence electrons. The molecule has 0 unspecified atom stereocenters. The maximum Gasteiger partial charge on any atom is 0.416 e. The second kappa shape index (κ2) is 8.20. The van der Waals surface area contributed by atoms with Gasteiger partial charge in [0.1, 0.15) is 0 Å². The predicted molar refractivity (Wildman–Crippen MR) is 104 cm³/mol. The molecular formula is C22H20F6N2O. The number of aromatic amines is 1. The normalized spacial score (nSPS) is 19.9. The van der Waals surface area contributed by atoms with Crippen LogP contribution < -0.4 is 5.32 Å². The highest BCUT2D eigenvalue weighted by molar-refractivity contribution is 5.83. The topological polar surface area (TPSA) is 37.0 Å². The summed E-state index contributed by atoms with van der Waals surface area (Å²) in [6, 6.07) is 9.40. The van der Waals surface area contributed by atoms with Crippen molar-refractivity contribution in [1.82, 2.24) is 10.3 Å². The fourth-order valence-corrected chi connectivity index (χ4v) is 4.10. The van der Waals surface area contributed by atoms with Gasteiger partial charge in [0, 0.05) is 42.0 Å². The molecule has 0 amide bonds. The largest absolute Gasteiger partial charge is 0.416 e. The number of para-hydroxylation sites is 1. The van der Waals surface area contributed by atoms with Gasteiger partial charge in [-0.15, -0.1) is 0 Å². The maximum absolute atomic E-state index is 13.0. The fourth-order valence-electron chi connectivity index (χ4n) is 4.10. The first-order valence-electron chi connectivity index (χ1n) is 9.76. The Morgan fingerprint density at radius 1 is 0.903 bits per heavy atom. The summed E-state index contributed by atoms with van der Waals surface area (Å²) in [5.74, 6) is 0.176. The zero-order chi connectivity index (χ0) is 22.2. The molecule has 3 nitrogen and oxygen atoms in total. The predicted octanol–water partition coefficient (Wildman–Crippen LogP) is 5.73. The lowest BCUT2D eigenvalue weighted by molar-refractivity contribution is -0.143. The summed E-state index contributed by atoms with van der Waals surface area (Å²) in [6.07, 6.45) is -7.80. The number of H-pyrrole nitrogens is 1. The van der Waals surface area contributed by atoms with Crippen LogP contribution in [0.1, 0.15) is 28.2 Å². The minimum Gasteiger partial charge on any atom is -0.376 e. The molecule has 0 radical (unpaired) electrons. The molecule has 31 heavy (non-hydrogen) atoms. The Morgan fingerprint density at radius 3 is 2.26 bits per heavy atom. The van der Waals surface area contributed by atoms with Gasteiger partial charge < -0.3 is 15.0 Å². The standard InChI is InChI=1S/C22H20F6N2O/c23-21(24,25)15-5-13(6-16(7-15)22(26,27)28)11-31-12-14-8-29-9-18(14)19-10-30-20-4-2-1-3-17(19)20/h1-7,10,14,18,29-30H,8-9,11-12H2/t14-,18+/m0/s1. The Labute approximate surface area is 174 Å². The fraction of sp³-hybridized carbons (Fsp3) is 0.364. The third kappa shape index (κ3) is 4.72. The first-order chi connectivity index (χ1) is 14.6. The minimum atomic E-state index is -4.87. The van der Waals surface area contributed by atoms with Gasteiger partial charge in [-0.3, -0.25) is 0 Å². The molecule has 1 aliphatic heterocycles. The SMILES string of the molecule is FC(F)(F)c1cc(COC[C@@H]2CNC[C@H]2c2c[nH]c3ccccc23)cc(C(F)(F)F)c1. The minimum absolute atomic E-state index is 0.0482. The summed E-state index contributed by atoms with van der Waals surface area (Å²) in [5.41, 5.74) is -0.697. The van der Waals surface area contributed by atoms with Gasteiger partial charge in [-0.2, -0.15) is 26.3 Å². The van der Waals surface area contributed by atoms with Crippen LogP contribution in [0.4, 0.5) is 26.3 Å². The van der Waals surface area contributed by atoms with Gasteiger partial charge in [0.25, 0.3) is 0 Å². The summed E-state index contributed by atoms with van der Waals surface area (Å²) >= 11 is 0. The Hall–Kier alpha value is -2.52. The molecule has 0 spiro atoms. The quantitative estimate of drug-likeness (QED) is 0.496. The molecule has 4 rings (SSSR count). The van der Waals surface area contributed by atoms with Crippen molar-refractivity contribution in [3.8, 4) is 0 Å². The van der Waals surface area contributed by atoms with Crippen molar-refractivity contribution in [1.29, 1.82) is 0 Å². The number of aromatic nitrogens is 1. The van der Waals surface area contributed by atoms with Crippen molar-refractivity contribution in [2.24, 2.45) is 5.92 Å². The lowest BCUT2D eigenvalue weighted by Gasteiger charge is -2.19. The first kappa shape index (κ1) is 21.7. The van der Waals surface area contributed by atoms with E-state index in [0.717, 1.165) is 23.0 Å². The molecule has 1 saturated heterocycles. The Kier molecular flexibility index (Phi) is 5.74. The summed E-state index contributed by atoms with van der Waals surface area (Å²) in [6.45, 7) is 1.26. The van der Waals surface area contributed by atoms with Crippen molar-refractivity contribution < 1.29 is 31.1 Å². The van der Waals surface area contributed by atoms with Gasteiger partial charge in [0.05, 0.1) is 24.3 Å². The molecule has 2 atom stereocenters. The lowest BCUT2D eigenvalue weighted by Crippen LogP contribution is -2.18. The average molecular weight is 442 g/mol. The van der Waals surface area contributed by atoms with E-state index in [1.165, 1.54) is 0 Å². The van der Waals surface area contributed by atoms with E-state index in [1.807, 2.05) is 30.5 Å². The van der Waals surface area contributed by atoms with E-state index in [9.17, 15) is 26.3 Å². The number of ether oxygens (including phenoxy) is 1. The average Bonchev–Trinajstić information content (AvgIpc) is 3.33. The zero-order valence-electron chi connectivity index (χ0n) is 16.3. The first-order valence-corrected chi connectivity index (χ1v) is 9.76. The molecule has 9 heteroatoms. The number of benzene rings is 2. The smallest absolute Gasteiger partial charge is 0.376 e. The van der Waals surface area contributed by atoms with Crippen molar-refractivity contribution in [2.45, 2.75) is 24.9 Å². The van der Waals surface area contributed by atoms with Crippen molar-refractivity contribution in [2.75, 3.05) is 19.7 Å². The molecule has 2 N–H and O–H groups in total. The molecule has 0 saturated carbocycles. The monoisotopic (exact) mass is 442 g/mol. The summed E-state index contributed by atoms with van der Waals surface area (Å²) in [7, 11) is 0. The second-order valence-corrected chi connectivity index (χ2v) is 7.74. The van der Waals surface area contributed by atoms with E-state index in [1.54, 1.807) is 0 Å². The molecule has 0 bridgehead atoms. The third-order valence-electron chi connectivity index (χ3n) is 5.61. The second-order valence-electron chi connectivity index (χ2n) is 7.74. The number of hydrogen-bond donors (Lipinski definition) is 2. The molecule has 1 fully saturated rings. The van der Waals surface area contributed by atoms with Crippen LogP contribution in [-0.2, 0) is 23.7 Å². The van der Waals surface area contributed by atoms with Crippen LogP contribution in [-0.4, -0.2) is 24.7 Å². The van der Waals surface area contributed by atoms with Crippen LogP contribution in [0, 0.1) is 5.92 Å². The summed E-state index contributed by atoms with van der Waals surface area (Å²) in [5, 5.41) is 4.38. The van der Waals surface area contributed by atoms with Crippen LogP contribution in [0.2, 0.25) is 0 Å². The van der Waals surface area contributed by atoms with E-state index >= 15 is 0 Å². The molecule has 2 heterocycles. The Morgan fingerprint density at radius 2 is 1.58 bits per heavy atom. The number of hydrogen-bond acceptors (Lipinski definition) is 2. The van der Waals surface area contributed by atoms with E-state index in [-0.39, 0.29) is 36.7 Å². The van der Waals surface area contributed by atoms with Crippen LogP contribution in [0.15, 0.2) is 48.7 Å². The molecule has 2 aromatic carbocycles. The number of rotatable bonds is 5. The van der Waals surface area contributed by atoms with E-state index < -0.39 is 23.5 Å². The van der Waals surface area contributed by atoms with Crippen LogP contribution in [0.3, 0.4) is 0 Å². The van der Waals surface area contributed by atoms with Gasteiger partial charge in [-0.25, -0.2) is 0 Å². The highest BCUT2D eigenvalue weighted by Crippen LogP contribution is 2.37. The lowest BCUT2D eigenvalue weighted by atomic mass is 9.89. The third-order valence-corrected chi connectivity index (χ3v) is 5.61. The Bertz CT molecular complexity index is 1020. The zero-order valence-corrected chi connectivity index (χ0v) is 16.3. The van der Waals surface area contributed by atoms with E-state index in [4.69, 9.17) is 4.74 Å². The maximum atomic E-state index is 13.0. The van der Waals surface area contributed by atoms with E-state index in [0.29, 0.717) is 18.7 Å². The van der Waals surface area contributed by atoms with Crippen molar-refractivity contribution >= 4 is 10.9 Å². The number of alkyl halides is 6. The molecule has 1 aliphatic rings. The summed E-state index contributed by atoms with van der Waals surface area (Å²) < 4.78 is 83.7. The van der Waals surface area contributed by atoms with E-state index in [2.05, 4.69) is 10.3 Å². The Balaban J connectivity index is 1.47. The highest BCUT2D eigenvalue weighted by Gasteiger charge is 2.37. The van der Waals surface area contributed by atoms with Crippen LogP contribution in [0.25, 0.3) is 10.9 Å². The summed E-state index contributed by atoms with van der Waals surface area (Å²) in [4.78, 5) is 3.23. The van der Waals surface area contributed by atoms with Crippen LogP contribution in [0.5, 0.6) is 0 Å². The number of nitrogens with one attached hydrogen (secondary N) is 2. The van der Waals surface area contributed by atoms with Crippen molar-refractivity contribution in [3.05, 3.63) is 70.9 Å².